The molecule has 2 atom stereocenters. The maximum Gasteiger partial charge on any atom is 0.335 e. The molecule has 3 N–H and O–H groups in total. The first kappa shape index (κ1) is 25.1. The van der Waals surface area contributed by atoms with Crippen LogP contribution in [0.2, 0.25) is 5.02 Å². The molecule has 2 aromatic carbocycles. The molecule has 0 aromatic heterocycles. The lowest BCUT2D eigenvalue weighted by molar-refractivity contribution is -0.170. The number of nitrogens with one attached hydrogen (secondary N) is 2. The number of ether oxygens (including phenoxy) is 2. The molecule has 0 saturated carbocycles. The summed E-state index contributed by atoms with van der Waals surface area (Å²) < 4.78 is 39.0. The standard InChI is InChI=1S/C22H25ClN2O7S/c23-17-7-9-19(10-8-17)33(29,30)24-13-16(14-32-20-6-1-2-11-31-20)21(26)25-18-5-3-4-15(12-18)22(27)28/h3-5,7-10,12,16,20,24H,1-2,6,11,13-14H2,(H,25,26)(H,27,28)/t16-,20?/m0/s1. The Morgan fingerprint density at radius 2 is 1.94 bits per heavy atom. The lowest BCUT2D eigenvalue weighted by atomic mass is 10.1. The molecule has 11 heteroatoms. The number of carboxylic acids is 1. The van der Waals surface area contributed by atoms with E-state index in [0.29, 0.717) is 18.1 Å². The third-order valence-electron chi connectivity index (χ3n) is 5.01. The van der Waals surface area contributed by atoms with Crippen LogP contribution in [0.5, 0.6) is 0 Å². The van der Waals surface area contributed by atoms with Crippen molar-refractivity contribution in [2.75, 3.05) is 25.1 Å². The van der Waals surface area contributed by atoms with Gasteiger partial charge in [-0.2, -0.15) is 0 Å². The fourth-order valence-electron chi connectivity index (χ4n) is 3.18. The van der Waals surface area contributed by atoms with E-state index in [4.69, 9.17) is 26.2 Å². The minimum Gasteiger partial charge on any atom is -0.478 e. The van der Waals surface area contributed by atoms with Crippen molar-refractivity contribution in [2.24, 2.45) is 5.92 Å². The van der Waals surface area contributed by atoms with Crippen molar-refractivity contribution in [3.05, 3.63) is 59.1 Å². The molecule has 0 radical (unpaired) electrons. The minimum atomic E-state index is -3.89. The Labute approximate surface area is 197 Å². The number of benzene rings is 2. The summed E-state index contributed by atoms with van der Waals surface area (Å²) in [5.74, 6) is -2.55. The lowest BCUT2D eigenvalue weighted by Gasteiger charge is -2.25. The summed E-state index contributed by atoms with van der Waals surface area (Å²) in [6.45, 7) is 0.243. The monoisotopic (exact) mass is 496 g/mol. The molecule has 1 fully saturated rings. The maximum atomic E-state index is 12.9. The first-order valence-corrected chi connectivity index (χ1v) is 12.2. The molecule has 0 bridgehead atoms. The minimum absolute atomic E-state index is 0.0109. The highest BCUT2D eigenvalue weighted by molar-refractivity contribution is 7.89. The number of carboxylic acid groups (broad SMARTS) is 1. The van der Waals surface area contributed by atoms with Crippen LogP contribution in [0.4, 0.5) is 5.69 Å². The van der Waals surface area contributed by atoms with E-state index in [0.717, 1.165) is 12.8 Å². The van der Waals surface area contributed by atoms with Gasteiger partial charge >= 0.3 is 5.97 Å². The second kappa shape index (κ2) is 11.6. The molecule has 1 amide bonds. The molecule has 0 aliphatic carbocycles. The van der Waals surface area contributed by atoms with Gasteiger partial charge in [-0.1, -0.05) is 17.7 Å². The number of anilines is 1. The third-order valence-corrected chi connectivity index (χ3v) is 6.70. The van der Waals surface area contributed by atoms with Gasteiger partial charge in [0.25, 0.3) is 0 Å². The van der Waals surface area contributed by atoms with Gasteiger partial charge in [0.2, 0.25) is 15.9 Å². The smallest absolute Gasteiger partial charge is 0.335 e. The maximum absolute atomic E-state index is 12.9. The van der Waals surface area contributed by atoms with Gasteiger partial charge in [0.1, 0.15) is 0 Å². The number of hydrogen-bond donors (Lipinski definition) is 3. The molecule has 1 unspecified atom stereocenters. The molecule has 1 saturated heterocycles. The Bertz CT molecular complexity index is 1070. The number of carbonyl (C=O) groups is 2. The predicted molar refractivity (Wildman–Crippen MR) is 122 cm³/mol. The fourth-order valence-corrected chi connectivity index (χ4v) is 4.38. The Balaban J connectivity index is 1.70. The number of halogens is 1. The van der Waals surface area contributed by atoms with Gasteiger partial charge < -0.3 is 19.9 Å². The summed E-state index contributed by atoms with van der Waals surface area (Å²) in [7, 11) is -3.89. The first-order chi connectivity index (χ1) is 15.7. The van der Waals surface area contributed by atoms with Gasteiger partial charge in [0.05, 0.1) is 23.0 Å². The average Bonchev–Trinajstić information content (AvgIpc) is 2.80. The van der Waals surface area contributed by atoms with E-state index in [1.807, 2.05) is 0 Å². The average molecular weight is 497 g/mol. The third kappa shape index (κ3) is 7.51. The predicted octanol–water partition coefficient (Wildman–Crippen LogP) is 3.11. The van der Waals surface area contributed by atoms with Crippen LogP contribution < -0.4 is 10.0 Å². The summed E-state index contributed by atoms with van der Waals surface area (Å²) in [6, 6.07) is 11.4. The van der Waals surface area contributed by atoms with Gasteiger partial charge in [-0.25, -0.2) is 17.9 Å². The molecule has 178 valence electrons. The second-order valence-electron chi connectivity index (χ2n) is 7.51. The summed E-state index contributed by atoms with van der Waals surface area (Å²) >= 11 is 5.82. The van der Waals surface area contributed by atoms with Crippen LogP contribution in [-0.4, -0.2) is 51.4 Å². The van der Waals surface area contributed by atoms with Crippen LogP contribution in [0.1, 0.15) is 29.6 Å². The summed E-state index contributed by atoms with van der Waals surface area (Å²) in [5, 5.41) is 12.2. The Morgan fingerprint density at radius 1 is 1.18 bits per heavy atom. The summed E-state index contributed by atoms with van der Waals surface area (Å²) in [5.41, 5.74) is 0.291. The van der Waals surface area contributed by atoms with Crippen LogP contribution in [0, 0.1) is 5.92 Å². The van der Waals surface area contributed by atoms with Crippen LogP contribution in [0.25, 0.3) is 0 Å². The second-order valence-corrected chi connectivity index (χ2v) is 9.71. The summed E-state index contributed by atoms with van der Waals surface area (Å²) in [6.07, 6.45) is 2.10. The van der Waals surface area contributed by atoms with Crippen LogP contribution >= 0.6 is 11.6 Å². The van der Waals surface area contributed by atoms with Gasteiger partial charge in [-0.05, 0) is 61.7 Å². The molecular formula is C22H25ClN2O7S. The first-order valence-electron chi connectivity index (χ1n) is 10.4. The lowest BCUT2D eigenvalue weighted by Crippen LogP contribution is -2.39. The van der Waals surface area contributed by atoms with E-state index < -0.39 is 34.1 Å². The quantitative estimate of drug-likeness (QED) is 0.460. The molecule has 1 aliphatic rings. The van der Waals surface area contributed by atoms with Crippen LogP contribution in [-0.2, 0) is 24.3 Å². The van der Waals surface area contributed by atoms with Crippen molar-refractivity contribution in [1.82, 2.24) is 4.72 Å². The number of rotatable bonds is 10. The molecule has 9 nitrogen and oxygen atoms in total. The van der Waals surface area contributed by atoms with Gasteiger partial charge in [-0.15, -0.1) is 0 Å². The number of carbonyl (C=O) groups excluding carboxylic acids is 1. The van der Waals surface area contributed by atoms with E-state index in [9.17, 15) is 18.0 Å². The number of aromatic carboxylic acids is 1. The fraction of sp³-hybridized carbons (Fsp3) is 0.364. The zero-order valence-electron chi connectivity index (χ0n) is 17.7. The molecular weight excluding hydrogens is 472 g/mol. The van der Waals surface area contributed by atoms with E-state index in [2.05, 4.69) is 10.0 Å². The number of hydrogen-bond acceptors (Lipinski definition) is 6. The van der Waals surface area contributed by atoms with Crippen LogP contribution in [0.3, 0.4) is 0 Å². The molecule has 33 heavy (non-hydrogen) atoms. The topological polar surface area (TPSA) is 131 Å². The van der Waals surface area contributed by atoms with Crippen molar-refractivity contribution in [2.45, 2.75) is 30.4 Å². The van der Waals surface area contributed by atoms with E-state index in [1.54, 1.807) is 6.07 Å². The Kier molecular flexibility index (Phi) is 8.81. The van der Waals surface area contributed by atoms with Crippen molar-refractivity contribution in [1.29, 1.82) is 0 Å². The number of amides is 1. The zero-order chi connectivity index (χ0) is 23.8. The van der Waals surface area contributed by atoms with Gasteiger partial charge in [0.15, 0.2) is 6.29 Å². The Morgan fingerprint density at radius 3 is 2.61 bits per heavy atom. The zero-order valence-corrected chi connectivity index (χ0v) is 19.3. The molecule has 3 rings (SSSR count). The Hall–Kier alpha value is -2.50. The van der Waals surface area contributed by atoms with Crippen molar-refractivity contribution in [3.8, 4) is 0 Å². The van der Waals surface area contributed by atoms with Gasteiger partial charge in [0, 0.05) is 23.9 Å². The van der Waals surface area contributed by atoms with E-state index >= 15 is 0 Å². The van der Waals surface area contributed by atoms with Crippen molar-refractivity contribution < 1.29 is 32.6 Å². The van der Waals surface area contributed by atoms with Crippen molar-refractivity contribution >= 4 is 39.2 Å². The van der Waals surface area contributed by atoms with Crippen molar-refractivity contribution in [3.63, 3.8) is 0 Å². The largest absolute Gasteiger partial charge is 0.478 e. The number of sulfonamides is 1. The van der Waals surface area contributed by atoms with E-state index in [-0.39, 0.29) is 29.3 Å². The molecule has 0 spiro atoms. The molecule has 1 heterocycles. The highest BCUT2D eigenvalue weighted by Crippen LogP contribution is 2.18. The molecule has 2 aromatic rings. The SMILES string of the molecule is O=C(O)c1cccc(NC(=O)[C@@H](CNS(=O)(=O)c2ccc(Cl)cc2)COC2CCCCO2)c1. The highest BCUT2D eigenvalue weighted by atomic mass is 35.5. The molecule has 1 aliphatic heterocycles. The normalized spacial score (nSPS) is 17.3. The highest BCUT2D eigenvalue weighted by Gasteiger charge is 2.25. The van der Waals surface area contributed by atoms with Gasteiger partial charge in [-0.3, -0.25) is 4.79 Å². The van der Waals surface area contributed by atoms with Crippen LogP contribution in [0.15, 0.2) is 53.4 Å². The van der Waals surface area contributed by atoms with E-state index in [1.165, 1.54) is 42.5 Å². The summed E-state index contributed by atoms with van der Waals surface area (Å²) in [4.78, 5) is 24.1.